The minimum absolute atomic E-state index is 0.0154. The number of fused-ring (bicyclic) bond motifs is 1. The number of carbonyl (C=O) groups excluding carboxylic acids is 1. The van der Waals surface area contributed by atoms with E-state index in [1.54, 1.807) is 12.1 Å². The van der Waals surface area contributed by atoms with Crippen molar-refractivity contribution in [3.63, 3.8) is 0 Å². The summed E-state index contributed by atoms with van der Waals surface area (Å²) >= 11 is 0. The van der Waals surface area contributed by atoms with E-state index in [-0.39, 0.29) is 17.2 Å². The van der Waals surface area contributed by atoms with Crippen LogP contribution in [0.15, 0.2) is 51.7 Å². The van der Waals surface area contributed by atoms with Gasteiger partial charge in [0.1, 0.15) is 5.58 Å². The number of benzene rings is 2. The molecule has 0 fully saturated rings. The monoisotopic (exact) mass is 378 g/mol. The van der Waals surface area contributed by atoms with E-state index in [2.05, 4.69) is 29.6 Å². The Morgan fingerprint density at radius 3 is 2.32 bits per heavy atom. The lowest BCUT2D eigenvalue weighted by atomic mass is 10.0. The second-order valence-electron chi connectivity index (χ2n) is 7.51. The van der Waals surface area contributed by atoms with Crippen LogP contribution in [0, 0.1) is 20.8 Å². The van der Waals surface area contributed by atoms with Crippen molar-refractivity contribution in [2.24, 2.45) is 0 Å². The van der Waals surface area contributed by atoms with Crippen LogP contribution in [0.1, 0.15) is 38.9 Å². The van der Waals surface area contributed by atoms with Gasteiger partial charge in [-0.2, -0.15) is 0 Å². The summed E-state index contributed by atoms with van der Waals surface area (Å²) in [5.41, 5.74) is 4.56. The third-order valence-electron chi connectivity index (χ3n) is 5.11. The number of amides is 1. The molecule has 1 N–H and O–H groups in total. The van der Waals surface area contributed by atoms with E-state index in [0.717, 1.165) is 16.7 Å². The molecule has 1 heterocycles. The topological polar surface area (TPSA) is 62.6 Å². The van der Waals surface area contributed by atoms with Crippen LogP contribution in [0.4, 0.5) is 0 Å². The van der Waals surface area contributed by atoms with Crippen molar-refractivity contribution in [2.45, 2.75) is 26.8 Å². The Morgan fingerprint density at radius 1 is 1.04 bits per heavy atom. The molecule has 0 radical (unpaired) electrons. The molecule has 146 valence electrons. The van der Waals surface area contributed by atoms with Crippen LogP contribution in [0.25, 0.3) is 11.0 Å². The highest BCUT2D eigenvalue weighted by Gasteiger charge is 2.18. The molecule has 5 heteroatoms. The summed E-state index contributed by atoms with van der Waals surface area (Å²) in [6.45, 7) is 6.34. The van der Waals surface area contributed by atoms with E-state index in [1.807, 2.05) is 39.8 Å². The molecule has 0 unspecified atom stereocenters. The molecule has 0 aliphatic rings. The predicted molar refractivity (Wildman–Crippen MR) is 112 cm³/mol. The van der Waals surface area contributed by atoms with E-state index in [1.165, 1.54) is 11.6 Å². The van der Waals surface area contributed by atoms with Gasteiger partial charge >= 0.3 is 0 Å². The molecule has 1 amide bonds. The largest absolute Gasteiger partial charge is 0.451 e. The number of likely N-dealkylation sites (N-methyl/N-ethyl adjacent to an activating group) is 1. The van der Waals surface area contributed by atoms with Crippen molar-refractivity contribution in [2.75, 3.05) is 20.6 Å². The molecule has 3 aromatic rings. The Hall–Kier alpha value is -2.92. The van der Waals surface area contributed by atoms with E-state index < -0.39 is 5.91 Å². The summed E-state index contributed by atoms with van der Waals surface area (Å²) in [6.07, 6.45) is 0. The van der Waals surface area contributed by atoms with Gasteiger partial charge in [-0.25, -0.2) is 0 Å². The smallest absolute Gasteiger partial charge is 0.287 e. The molecule has 0 bridgehead atoms. The number of hydrogen-bond donors (Lipinski definition) is 1. The van der Waals surface area contributed by atoms with Crippen LogP contribution >= 0.6 is 0 Å². The van der Waals surface area contributed by atoms with Gasteiger partial charge in [-0.05, 0) is 63.7 Å². The standard InChI is InChI=1S/C23H26N2O3/c1-14-6-8-17(9-7-14)19(25(4)5)13-24-23(27)22-12-20(26)18-10-15(2)16(3)11-21(18)28-22/h6-12,19H,13H2,1-5H3,(H,24,27)/t19-/m0/s1. The maximum Gasteiger partial charge on any atom is 0.287 e. The lowest BCUT2D eigenvalue weighted by Gasteiger charge is -2.25. The van der Waals surface area contributed by atoms with Crippen molar-refractivity contribution in [1.29, 1.82) is 0 Å². The Balaban J connectivity index is 1.83. The molecule has 5 nitrogen and oxygen atoms in total. The molecular weight excluding hydrogens is 352 g/mol. The summed E-state index contributed by atoms with van der Waals surface area (Å²) in [5, 5.41) is 3.39. The number of nitrogens with zero attached hydrogens (tertiary/aromatic N) is 1. The summed E-state index contributed by atoms with van der Waals surface area (Å²) < 4.78 is 5.73. The van der Waals surface area contributed by atoms with Gasteiger partial charge in [0, 0.05) is 12.6 Å². The van der Waals surface area contributed by atoms with Crippen molar-refractivity contribution < 1.29 is 9.21 Å². The average molecular weight is 378 g/mol. The van der Waals surface area contributed by atoms with E-state index >= 15 is 0 Å². The second-order valence-corrected chi connectivity index (χ2v) is 7.51. The first-order valence-electron chi connectivity index (χ1n) is 9.32. The summed E-state index contributed by atoms with van der Waals surface area (Å²) in [4.78, 5) is 27.1. The molecule has 0 spiro atoms. The van der Waals surface area contributed by atoms with Gasteiger partial charge in [-0.1, -0.05) is 29.8 Å². The highest BCUT2D eigenvalue weighted by molar-refractivity contribution is 5.93. The van der Waals surface area contributed by atoms with Crippen LogP contribution in [0.2, 0.25) is 0 Å². The lowest BCUT2D eigenvalue weighted by molar-refractivity contribution is 0.0914. The molecule has 1 atom stereocenters. The summed E-state index contributed by atoms with van der Waals surface area (Å²) in [6, 6.07) is 13.1. The maximum absolute atomic E-state index is 12.6. The third-order valence-corrected chi connectivity index (χ3v) is 5.11. The van der Waals surface area contributed by atoms with E-state index in [4.69, 9.17) is 4.42 Å². The molecular formula is C23H26N2O3. The first kappa shape index (κ1) is 19.8. The average Bonchev–Trinajstić information content (AvgIpc) is 2.64. The second kappa shape index (κ2) is 7.98. The van der Waals surface area contributed by atoms with Crippen LogP contribution in [-0.2, 0) is 0 Å². The van der Waals surface area contributed by atoms with Gasteiger partial charge in [-0.3, -0.25) is 9.59 Å². The zero-order chi connectivity index (χ0) is 20.4. The predicted octanol–water partition coefficient (Wildman–Crippen LogP) is 3.75. The van der Waals surface area contributed by atoms with Gasteiger partial charge in [0.2, 0.25) is 0 Å². The number of rotatable bonds is 5. The molecule has 2 aromatic carbocycles. The Kier molecular flexibility index (Phi) is 5.66. The molecule has 0 aliphatic heterocycles. The minimum atomic E-state index is -0.392. The normalized spacial score (nSPS) is 12.4. The van der Waals surface area contributed by atoms with Crippen molar-refractivity contribution in [1.82, 2.24) is 10.2 Å². The SMILES string of the molecule is Cc1ccc([C@H](CNC(=O)c2cc(=O)c3cc(C)c(C)cc3o2)N(C)C)cc1. The fraction of sp³-hybridized carbons (Fsp3) is 0.304. The first-order chi connectivity index (χ1) is 13.3. The van der Waals surface area contributed by atoms with Crippen molar-refractivity contribution >= 4 is 16.9 Å². The van der Waals surface area contributed by atoms with Gasteiger partial charge in [-0.15, -0.1) is 0 Å². The molecule has 1 aromatic heterocycles. The Morgan fingerprint density at radius 2 is 1.68 bits per heavy atom. The highest BCUT2D eigenvalue weighted by Crippen LogP contribution is 2.20. The lowest BCUT2D eigenvalue weighted by Crippen LogP contribution is -2.34. The molecule has 0 saturated carbocycles. The quantitative estimate of drug-likeness (QED) is 0.734. The molecule has 0 saturated heterocycles. The van der Waals surface area contributed by atoms with Crippen LogP contribution in [-0.4, -0.2) is 31.4 Å². The number of aryl methyl sites for hydroxylation is 3. The Labute approximate surface area is 165 Å². The van der Waals surface area contributed by atoms with Gasteiger partial charge in [0.05, 0.1) is 11.4 Å². The third kappa shape index (κ3) is 4.15. The van der Waals surface area contributed by atoms with Crippen molar-refractivity contribution in [3.8, 4) is 0 Å². The van der Waals surface area contributed by atoms with Crippen LogP contribution in [0.5, 0.6) is 0 Å². The van der Waals surface area contributed by atoms with Gasteiger partial charge < -0.3 is 14.6 Å². The maximum atomic E-state index is 12.6. The fourth-order valence-electron chi connectivity index (χ4n) is 3.19. The van der Waals surface area contributed by atoms with Gasteiger partial charge in [0.25, 0.3) is 5.91 Å². The fourth-order valence-corrected chi connectivity index (χ4v) is 3.19. The van der Waals surface area contributed by atoms with Crippen LogP contribution in [0.3, 0.4) is 0 Å². The Bertz CT molecular complexity index is 1070. The number of carbonyl (C=O) groups is 1. The molecule has 28 heavy (non-hydrogen) atoms. The first-order valence-corrected chi connectivity index (χ1v) is 9.32. The summed E-state index contributed by atoms with van der Waals surface area (Å²) in [5.74, 6) is -0.363. The van der Waals surface area contributed by atoms with E-state index in [0.29, 0.717) is 17.5 Å². The van der Waals surface area contributed by atoms with E-state index in [9.17, 15) is 9.59 Å². The number of hydrogen-bond acceptors (Lipinski definition) is 4. The minimum Gasteiger partial charge on any atom is -0.451 e. The zero-order valence-corrected chi connectivity index (χ0v) is 17.0. The van der Waals surface area contributed by atoms with Gasteiger partial charge in [0.15, 0.2) is 11.2 Å². The summed E-state index contributed by atoms with van der Waals surface area (Å²) in [7, 11) is 3.94. The number of nitrogens with one attached hydrogen (secondary N) is 1. The van der Waals surface area contributed by atoms with Crippen molar-refractivity contribution in [3.05, 3.63) is 80.7 Å². The molecule has 3 rings (SSSR count). The highest BCUT2D eigenvalue weighted by atomic mass is 16.3. The van der Waals surface area contributed by atoms with Crippen LogP contribution < -0.4 is 10.7 Å². The zero-order valence-electron chi connectivity index (χ0n) is 17.0. The molecule has 0 aliphatic carbocycles.